The van der Waals surface area contributed by atoms with E-state index >= 15 is 0 Å². The molecule has 3 rings (SSSR count). The molecule has 2 aliphatic heterocycles. The molecule has 2 aliphatic rings. The molecule has 8 heteroatoms. The van der Waals surface area contributed by atoms with Crippen molar-refractivity contribution in [3.63, 3.8) is 0 Å². The van der Waals surface area contributed by atoms with Gasteiger partial charge in [-0.05, 0) is 36.6 Å². The number of hydrogen-bond acceptors (Lipinski definition) is 3. The number of halogens is 1. The fraction of sp³-hybridized carbons (Fsp3) is 0.471. The van der Waals surface area contributed by atoms with Crippen LogP contribution in [-0.2, 0) is 9.59 Å². The van der Waals surface area contributed by atoms with E-state index in [2.05, 4.69) is 16.0 Å². The summed E-state index contributed by atoms with van der Waals surface area (Å²) in [5, 5.41) is 8.91. The van der Waals surface area contributed by atoms with Crippen molar-refractivity contribution in [2.75, 3.05) is 11.9 Å². The van der Waals surface area contributed by atoms with E-state index in [0.29, 0.717) is 23.7 Å². The van der Waals surface area contributed by atoms with Crippen molar-refractivity contribution in [2.24, 2.45) is 5.92 Å². The maximum absolute atomic E-state index is 12.5. The minimum atomic E-state index is -0.511. The Labute approximate surface area is 151 Å². The molecule has 3 N–H and O–H groups in total. The summed E-state index contributed by atoms with van der Waals surface area (Å²) in [4.78, 5) is 38.5. The summed E-state index contributed by atoms with van der Waals surface area (Å²) in [6.07, 6.45) is 0.413. The Bertz CT molecular complexity index is 692. The number of carbonyl (C=O) groups excluding carboxylic acids is 3. The lowest BCUT2D eigenvalue weighted by molar-refractivity contribution is -0.148. The van der Waals surface area contributed by atoms with Crippen molar-refractivity contribution >= 4 is 35.1 Å². The van der Waals surface area contributed by atoms with Crippen molar-refractivity contribution < 1.29 is 14.4 Å². The van der Waals surface area contributed by atoms with Crippen LogP contribution in [0.5, 0.6) is 0 Å². The van der Waals surface area contributed by atoms with Crippen molar-refractivity contribution in [3.05, 3.63) is 29.3 Å². The zero-order chi connectivity index (χ0) is 18.1. The van der Waals surface area contributed by atoms with Gasteiger partial charge in [0.1, 0.15) is 12.1 Å². The van der Waals surface area contributed by atoms with Crippen molar-refractivity contribution in [2.45, 2.75) is 38.4 Å². The number of benzene rings is 1. The van der Waals surface area contributed by atoms with Gasteiger partial charge in [-0.3, -0.25) is 9.59 Å². The van der Waals surface area contributed by atoms with Crippen molar-refractivity contribution in [1.29, 1.82) is 0 Å². The number of nitrogens with one attached hydrogen (secondary N) is 3. The molecule has 3 atom stereocenters. The SMILES string of the molecule is CC(C)[C@@H]1NC(=O)[C@@H]2C[C@H](NC(=O)Nc3ccc(Cl)cc3)CN2C1=O. The highest BCUT2D eigenvalue weighted by molar-refractivity contribution is 6.30. The summed E-state index contributed by atoms with van der Waals surface area (Å²) in [5.74, 6) is -0.208. The van der Waals surface area contributed by atoms with E-state index in [1.807, 2.05) is 13.8 Å². The number of fused-ring (bicyclic) bond motifs is 1. The molecule has 1 aromatic carbocycles. The summed E-state index contributed by atoms with van der Waals surface area (Å²) < 4.78 is 0. The average Bonchev–Trinajstić information content (AvgIpc) is 2.97. The first kappa shape index (κ1) is 17.5. The number of anilines is 1. The van der Waals surface area contributed by atoms with Crippen LogP contribution in [0.25, 0.3) is 0 Å². The van der Waals surface area contributed by atoms with Gasteiger partial charge in [0.25, 0.3) is 0 Å². The molecule has 2 heterocycles. The minimum absolute atomic E-state index is 0.0256. The molecule has 0 aromatic heterocycles. The molecule has 0 spiro atoms. The van der Waals surface area contributed by atoms with E-state index in [4.69, 9.17) is 11.6 Å². The Hall–Kier alpha value is -2.28. The van der Waals surface area contributed by atoms with Crippen LogP contribution in [0.4, 0.5) is 10.5 Å². The first-order valence-corrected chi connectivity index (χ1v) is 8.67. The molecule has 2 fully saturated rings. The van der Waals surface area contributed by atoms with Gasteiger partial charge in [0, 0.05) is 17.3 Å². The number of urea groups is 1. The van der Waals surface area contributed by atoms with E-state index in [1.165, 1.54) is 0 Å². The molecule has 0 radical (unpaired) electrons. The Morgan fingerprint density at radius 2 is 1.96 bits per heavy atom. The molecule has 0 unspecified atom stereocenters. The number of carbonyl (C=O) groups is 3. The van der Waals surface area contributed by atoms with E-state index < -0.39 is 12.1 Å². The molecule has 0 bridgehead atoms. The van der Waals surface area contributed by atoms with Gasteiger partial charge in [-0.1, -0.05) is 25.4 Å². The Balaban J connectivity index is 1.60. The second-order valence-corrected chi connectivity index (χ2v) is 7.21. The van der Waals surface area contributed by atoms with Gasteiger partial charge in [0.05, 0.1) is 6.04 Å². The number of amides is 4. The predicted octanol–water partition coefficient (Wildman–Crippen LogP) is 1.59. The minimum Gasteiger partial charge on any atom is -0.342 e. The molecule has 25 heavy (non-hydrogen) atoms. The summed E-state index contributed by atoms with van der Waals surface area (Å²) in [7, 11) is 0. The number of piperazine rings is 1. The highest BCUT2D eigenvalue weighted by Crippen LogP contribution is 2.25. The van der Waals surface area contributed by atoms with Gasteiger partial charge in [-0.2, -0.15) is 0 Å². The molecular weight excluding hydrogens is 344 g/mol. The van der Waals surface area contributed by atoms with Gasteiger partial charge >= 0.3 is 6.03 Å². The molecule has 2 saturated heterocycles. The fourth-order valence-corrected chi connectivity index (χ4v) is 3.39. The quantitative estimate of drug-likeness (QED) is 0.760. The largest absolute Gasteiger partial charge is 0.342 e. The van der Waals surface area contributed by atoms with Gasteiger partial charge in [0.2, 0.25) is 11.8 Å². The van der Waals surface area contributed by atoms with Crippen LogP contribution in [0.3, 0.4) is 0 Å². The van der Waals surface area contributed by atoms with Crippen LogP contribution < -0.4 is 16.0 Å². The smallest absolute Gasteiger partial charge is 0.319 e. The van der Waals surface area contributed by atoms with Crippen LogP contribution in [0.2, 0.25) is 5.02 Å². The van der Waals surface area contributed by atoms with Gasteiger partial charge < -0.3 is 20.9 Å². The third-order valence-corrected chi connectivity index (χ3v) is 4.81. The highest BCUT2D eigenvalue weighted by atomic mass is 35.5. The first-order valence-electron chi connectivity index (χ1n) is 8.29. The Kier molecular flexibility index (Phi) is 4.85. The lowest BCUT2D eigenvalue weighted by atomic mass is 9.98. The van der Waals surface area contributed by atoms with Crippen molar-refractivity contribution in [3.8, 4) is 0 Å². The predicted molar refractivity (Wildman–Crippen MR) is 94.3 cm³/mol. The second kappa shape index (κ2) is 6.92. The number of hydrogen-bond donors (Lipinski definition) is 3. The van der Waals surface area contributed by atoms with Crippen LogP contribution >= 0.6 is 11.6 Å². The summed E-state index contributed by atoms with van der Waals surface area (Å²) in [5.41, 5.74) is 0.617. The van der Waals surface area contributed by atoms with E-state index in [-0.39, 0.29) is 29.8 Å². The van der Waals surface area contributed by atoms with Crippen LogP contribution in [0.1, 0.15) is 20.3 Å². The maximum Gasteiger partial charge on any atom is 0.319 e. The maximum atomic E-state index is 12.5. The normalized spacial score (nSPS) is 25.6. The van der Waals surface area contributed by atoms with Crippen LogP contribution in [0.15, 0.2) is 24.3 Å². The molecule has 4 amide bonds. The zero-order valence-corrected chi connectivity index (χ0v) is 14.8. The monoisotopic (exact) mass is 364 g/mol. The van der Waals surface area contributed by atoms with Crippen LogP contribution in [0, 0.1) is 5.92 Å². The van der Waals surface area contributed by atoms with Gasteiger partial charge in [0.15, 0.2) is 0 Å². The third kappa shape index (κ3) is 3.71. The summed E-state index contributed by atoms with van der Waals surface area (Å²) in [6.45, 7) is 4.14. The number of nitrogens with zero attached hydrogens (tertiary/aromatic N) is 1. The van der Waals surface area contributed by atoms with Gasteiger partial charge in [-0.15, -0.1) is 0 Å². The molecule has 1 aromatic rings. The standard InChI is InChI=1S/C17H21ClN4O3/c1-9(2)14-16(24)22-8-12(7-13(22)15(23)21-14)20-17(25)19-11-5-3-10(18)4-6-11/h3-6,9,12-14H,7-8H2,1-2H3,(H,21,23)(H2,19,20,25)/t12-,13-,14-/m0/s1. The summed E-state index contributed by atoms with van der Waals surface area (Å²) >= 11 is 5.81. The molecule has 134 valence electrons. The fourth-order valence-electron chi connectivity index (χ4n) is 3.26. The van der Waals surface area contributed by atoms with Gasteiger partial charge in [-0.25, -0.2) is 4.79 Å². The molecule has 0 aliphatic carbocycles. The van der Waals surface area contributed by atoms with Crippen molar-refractivity contribution in [1.82, 2.24) is 15.5 Å². The van der Waals surface area contributed by atoms with E-state index in [9.17, 15) is 14.4 Å². The average molecular weight is 365 g/mol. The molecule has 7 nitrogen and oxygen atoms in total. The topological polar surface area (TPSA) is 90.5 Å². The molecule has 0 saturated carbocycles. The van der Waals surface area contributed by atoms with Crippen LogP contribution in [-0.4, -0.2) is 47.4 Å². The zero-order valence-electron chi connectivity index (χ0n) is 14.1. The Morgan fingerprint density at radius 1 is 1.28 bits per heavy atom. The molecular formula is C17H21ClN4O3. The first-order chi connectivity index (χ1) is 11.8. The summed E-state index contributed by atoms with van der Waals surface area (Å²) in [6, 6.07) is 5.12. The van der Waals surface area contributed by atoms with E-state index in [1.54, 1.807) is 29.2 Å². The lowest BCUT2D eigenvalue weighted by Crippen LogP contribution is -2.62. The Morgan fingerprint density at radius 3 is 2.60 bits per heavy atom. The third-order valence-electron chi connectivity index (χ3n) is 4.55. The second-order valence-electron chi connectivity index (χ2n) is 6.77. The lowest BCUT2D eigenvalue weighted by Gasteiger charge is -2.36. The van der Waals surface area contributed by atoms with E-state index in [0.717, 1.165) is 0 Å². The highest BCUT2D eigenvalue weighted by Gasteiger charge is 2.47. The number of rotatable bonds is 3.